The van der Waals surface area contributed by atoms with Crippen LogP contribution in [-0.4, -0.2) is 44.8 Å². The molecule has 0 saturated heterocycles. The molecular weight excluding hydrogens is 268 g/mol. The molecule has 0 amide bonds. The Kier molecular flexibility index (Phi) is 8.23. The van der Waals surface area contributed by atoms with Gasteiger partial charge < -0.3 is 14.4 Å². The van der Waals surface area contributed by atoms with Gasteiger partial charge in [0.25, 0.3) is 0 Å². The van der Waals surface area contributed by atoms with Gasteiger partial charge in [0.2, 0.25) is 5.96 Å². The monoisotopic (exact) mass is 294 g/mol. The van der Waals surface area contributed by atoms with Gasteiger partial charge in [0.1, 0.15) is 5.75 Å². The first-order valence-electron chi connectivity index (χ1n) is 7.14. The van der Waals surface area contributed by atoms with E-state index in [0.717, 1.165) is 37.5 Å². The van der Waals surface area contributed by atoms with Crippen LogP contribution in [0.1, 0.15) is 18.9 Å². The van der Waals surface area contributed by atoms with Gasteiger partial charge in [-0.2, -0.15) is 0 Å². The van der Waals surface area contributed by atoms with E-state index in [4.69, 9.17) is 15.3 Å². The zero-order valence-electron chi connectivity index (χ0n) is 13.1. The number of hydrogen-bond acceptors (Lipinski definition) is 4. The number of nitrogens with zero attached hydrogens (tertiary/aromatic N) is 2. The average molecular weight is 294 g/mol. The van der Waals surface area contributed by atoms with E-state index in [1.165, 1.54) is 0 Å². The van der Waals surface area contributed by atoms with Gasteiger partial charge in [-0.25, -0.2) is 5.84 Å². The average Bonchev–Trinajstić information content (AvgIpc) is 2.51. The molecule has 0 aliphatic heterocycles. The zero-order valence-corrected chi connectivity index (χ0v) is 13.1. The minimum atomic E-state index is 0.669. The quantitative estimate of drug-likeness (QED) is 0.249. The van der Waals surface area contributed by atoms with E-state index >= 15 is 0 Å². The van der Waals surface area contributed by atoms with Gasteiger partial charge in [-0.05, 0) is 31.0 Å². The first-order valence-corrected chi connectivity index (χ1v) is 7.14. The fourth-order valence-electron chi connectivity index (χ4n) is 1.85. The van der Waals surface area contributed by atoms with Crippen molar-refractivity contribution in [1.82, 2.24) is 10.3 Å². The lowest BCUT2D eigenvalue weighted by atomic mass is 10.2. The third-order valence-corrected chi connectivity index (χ3v) is 2.98. The standard InChI is InChI=1S/C15H26N4O2/c1-4-21-11-5-10-17-15(18-16)19(2)12-13-6-8-14(20-3)9-7-13/h6-9H,4-5,10-12,16H2,1-3H3,(H,17,18). The molecule has 0 fully saturated rings. The zero-order chi connectivity index (χ0) is 15.5. The summed E-state index contributed by atoms with van der Waals surface area (Å²) in [5, 5.41) is 0. The predicted octanol–water partition coefficient (Wildman–Crippen LogP) is 1.37. The van der Waals surface area contributed by atoms with Gasteiger partial charge in [-0.15, -0.1) is 0 Å². The van der Waals surface area contributed by atoms with Gasteiger partial charge in [-0.3, -0.25) is 10.4 Å². The van der Waals surface area contributed by atoms with E-state index in [-0.39, 0.29) is 0 Å². The summed E-state index contributed by atoms with van der Waals surface area (Å²) < 4.78 is 10.4. The summed E-state index contributed by atoms with van der Waals surface area (Å²) in [5.74, 6) is 7.06. The SMILES string of the molecule is CCOCCCN=C(NN)N(C)Cc1ccc(OC)cc1. The molecule has 0 aromatic heterocycles. The molecule has 1 aromatic carbocycles. The molecule has 1 aromatic rings. The van der Waals surface area contributed by atoms with Crippen molar-refractivity contribution in [3.63, 3.8) is 0 Å². The highest BCUT2D eigenvalue weighted by Crippen LogP contribution is 2.12. The Labute approximate surface area is 126 Å². The second-order valence-corrected chi connectivity index (χ2v) is 4.60. The first-order chi connectivity index (χ1) is 10.2. The summed E-state index contributed by atoms with van der Waals surface area (Å²) in [6, 6.07) is 7.94. The number of hydrazine groups is 1. The summed E-state index contributed by atoms with van der Waals surface area (Å²) in [7, 11) is 3.61. The molecule has 0 aliphatic rings. The largest absolute Gasteiger partial charge is 0.497 e. The molecule has 0 unspecified atom stereocenters. The van der Waals surface area contributed by atoms with Gasteiger partial charge in [-0.1, -0.05) is 12.1 Å². The fraction of sp³-hybridized carbons (Fsp3) is 0.533. The maximum Gasteiger partial charge on any atom is 0.208 e. The molecule has 0 radical (unpaired) electrons. The van der Waals surface area contributed by atoms with Crippen LogP contribution in [0.3, 0.4) is 0 Å². The highest BCUT2D eigenvalue weighted by atomic mass is 16.5. The molecule has 6 nitrogen and oxygen atoms in total. The van der Waals surface area contributed by atoms with Crippen LogP contribution in [0, 0.1) is 0 Å². The molecule has 0 aliphatic carbocycles. The number of hydrogen-bond donors (Lipinski definition) is 2. The van der Waals surface area contributed by atoms with E-state index in [9.17, 15) is 0 Å². The molecule has 0 spiro atoms. The summed E-state index contributed by atoms with van der Waals surface area (Å²) in [6.07, 6.45) is 0.884. The van der Waals surface area contributed by atoms with Crippen LogP contribution >= 0.6 is 0 Å². The molecule has 21 heavy (non-hydrogen) atoms. The Morgan fingerprint density at radius 1 is 1.33 bits per heavy atom. The Balaban J connectivity index is 2.49. The second-order valence-electron chi connectivity index (χ2n) is 4.60. The highest BCUT2D eigenvalue weighted by Gasteiger charge is 2.05. The third kappa shape index (κ3) is 6.46. The van der Waals surface area contributed by atoms with E-state index in [0.29, 0.717) is 12.5 Å². The normalized spacial score (nSPS) is 11.3. The van der Waals surface area contributed by atoms with Crippen LogP contribution in [0.5, 0.6) is 5.75 Å². The number of nitrogens with one attached hydrogen (secondary N) is 1. The molecule has 1 rings (SSSR count). The number of guanidine groups is 1. The van der Waals surface area contributed by atoms with Crippen LogP contribution in [0.4, 0.5) is 0 Å². The maximum absolute atomic E-state index is 5.54. The number of methoxy groups -OCH3 is 1. The van der Waals surface area contributed by atoms with Crippen LogP contribution in [-0.2, 0) is 11.3 Å². The van der Waals surface area contributed by atoms with Crippen LogP contribution in [0.2, 0.25) is 0 Å². The minimum Gasteiger partial charge on any atom is -0.497 e. The van der Waals surface area contributed by atoms with Gasteiger partial charge >= 0.3 is 0 Å². The molecule has 3 N–H and O–H groups in total. The van der Waals surface area contributed by atoms with Crippen molar-refractivity contribution < 1.29 is 9.47 Å². The first kappa shape index (κ1) is 17.3. The maximum atomic E-state index is 5.54. The summed E-state index contributed by atoms with van der Waals surface area (Å²) in [5.41, 5.74) is 3.81. The lowest BCUT2D eigenvalue weighted by molar-refractivity contribution is 0.146. The Bertz CT molecular complexity index is 420. The summed E-state index contributed by atoms with van der Waals surface area (Å²) in [6.45, 7) is 4.85. The van der Waals surface area contributed by atoms with Crippen LogP contribution < -0.4 is 16.0 Å². The van der Waals surface area contributed by atoms with E-state index in [1.807, 2.05) is 43.1 Å². The molecule has 0 atom stereocenters. The second kappa shape index (κ2) is 10.0. The van der Waals surface area contributed by atoms with Crippen molar-refractivity contribution in [1.29, 1.82) is 0 Å². The Morgan fingerprint density at radius 2 is 2.05 bits per heavy atom. The minimum absolute atomic E-state index is 0.669. The molecule has 0 saturated carbocycles. The van der Waals surface area contributed by atoms with Gasteiger partial charge in [0.15, 0.2) is 0 Å². The fourth-order valence-corrected chi connectivity index (χ4v) is 1.85. The van der Waals surface area contributed by atoms with Crippen molar-refractivity contribution >= 4 is 5.96 Å². The molecule has 0 bridgehead atoms. The molecular formula is C15H26N4O2. The summed E-state index contributed by atoms with van der Waals surface area (Å²) >= 11 is 0. The lowest BCUT2D eigenvalue weighted by Crippen LogP contribution is -2.42. The predicted molar refractivity (Wildman–Crippen MR) is 85.2 cm³/mol. The number of aliphatic imine (C=N–C) groups is 1. The summed E-state index contributed by atoms with van der Waals surface area (Å²) in [4.78, 5) is 6.42. The number of benzene rings is 1. The van der Waals surface area contributed by atoms with Crippen molar-refractivity contribution in [3.8, 4) is 5.75 Å². The number of nitrogens with two attached hydrogens (primary N) is 1. The highest BCUT2D eigenvalue weighted by molar-refractivity contribution is 5.79. The smallest absolute Gasteiger partial charge is 0.208 e. The van der Waals surface area contributed by atoms with E-state index < -0.39 is 0 Å². The van der Waals surface area contributed by atoms with Crippen LogP contribution in [0.25, 0.3) is 0 Å². The molecule has 6 heteroatoms. The topological polar surface area (TPSA) is 72.1 Å². The van der Waals surface area contributed by atoms with Crippen LogP contribution in [0.15, 0.2) is 29.3 Å². The van der Waals surface area contributed by atoms with Crippen molar-refractivity contribution in [3.05, 3.63) is 29.8 Å². The van der Waals surface area contributed by atoms with Gasteiger partial charge in [0, 0.05) is 33.4 Å². The van der Waals surface area contributed by atoms with E-state index in [1.54, 1.807) is 7.11 Å². The number of ether oxygens (including phenoxy) is 2. The lowest BCUT2D eigenvalue weighted by Gasteiger charge is -2.20. The van der Waals surface area contributed by atoms with Crippen molar-refractivity contribution in [2.45, 2.75) is 19.9 Å². The van der Waals surface area contributed by atoms with E-state index in [2.05, 4.69) is 10.4 Å². The van der Waals surface area contributed by atoms with Crippen molar-refractivity contribution in [2.75, 3.05) is 33.9 Å². The third-order valence-electron chi connectivity index (χ3n) is 2.98. The molecule has 0 heterocycles. The Hall–Kier alpha value is -1.79. The molecule has 118 valence electrons. The van der Waals surface area contributed by atoms with Gasteiger partial charge in [0.05, 0.1) is 7.11 Å². The Morgan fingerprint density at radius 3 is 2.62 bits per heavy atom. The van der Waals surface area contributed by atoms with Crippen molar-refractivity contribution in [2.24, 2.45) is 10.8 Å². The number of rotatable bonds is 8.